The Hall–Kier alpha value is -1.90. The molecule has 1 aliphatic heterocycles. The minimum Gasteiger partial charge on any atom is -0.447 e. The number of nitrogens with two attached hydrogens (primary N) is 1. The van der Waals surface area contributed by atoms with Crippen LogP contribution in [-0.4, -0.2) is 52.9 Å². The standard InChI is InChI=1S/C18H24N6O2.2ClH/c1-23(2)17-20-9-12-4-6-18(15(12)22-17)5-3-7-24(11-18)16(25)13-10-26-14(8-19)21-13;;/h9-10H,3-8,11,19H2,1-2H3;2*1H. The number of carbonyl (C=O) groups excluding carboxylic acids is 1. The summed E-state index contributed by atoms with van der Waals surface area (Å²) in [6.07, 6.45) is 7.31. The van der Waals surface area contributed by atoms with Crippen LogP contribution in [0.3, 0.4) is 0 Å². The summed E-state index contributed by atoms with van der Waals surface area (Å²) in [7, 11) is 3.89. The maximum absolute atomic E-state index is 12.9. The first-order valence-corrected chi connectivity index (χ1v) is 9.00. The third-order valence-corrected chi connectivity index (χ3v) is 5.44. The fraction of sp³-hybridized carbons (Fsp3) is 0.556. The monoisotopic (exact) mass is 428 g/mol. The van der Waals surface area contributed by atoms with Gasteiger partial charge in [0.1, 0.15) is 6.26 Å². The summed E-state index contributed by atoms with van der Waals surface area (Å²) in [5, 5.41) is 0. The number of nitrogens with zero attached hydrogens (tertiary/aromatic N) is 5. The molecule has 1 saturated heterocycles. The highest BCUT2D eigenvalue weighted by atomic mass is 35.5. The first-order chi connectivity index (χ1) is 12.5. The normalized spacial score (nSPS) is 20.3. The van der Waals surface area contributed by atoms with Gasteiger partial charge in [-0.25, -0.2) is 15.0 Å². The third kappa shape index (κ3) is 3.81. The molecule has 154 valence electrons. The largest absolute Gasteiger partial charge is 0.447 e. The molecule has 3 heterocycles. The van der Waals surface area contributed by atoms with Crippen LogP contribution in [0, 0.1) is 0 Å². The van der Waals surface area contributed by atoms with E-state index in [0.717, 1.165) is 43.9 Å². The van der Waals surface area contributed by atoms with Crippen molar-refractivity contribution < 1.29 is 9.21 Å². The lowest BCUT2D eigenvalue weighted by atomic mass is 9.77. The van der Waals surface area contributed by atoms with Crippen LogP contribution < -0.4 is 10.6 Å². The number of carbonyl (C=O) groups is 1. The number of amides is 1. The maximum Gasteiger partial charge on any atom is 0.275 e. The van der Waals surface area contributed by atoms with Gasteiger partial charge >= 0.3 is 0 Å². The fourth-order valence-electron chi connectivity index (χ4n) is 4.11. The summed E-state index contributed by atoms with van der Waals surface area (Å²) in [5.74, 6) is 1.01. The van der Waals surface area contributed by atoms with E-state index in [4.69, 9.17) is 15.1 Å². The van der Waals surface area contributed by atoms with Crippen molar-refractivity contribution in [1.82, 2.24) is 19.9 Å². The number of likely N-dealkylation sites (tertiary alicyclic amines) is 1. The lowest BCUT2D eigenvalue weighted by molar-refractivity contribution is 0.0627. The van der Waals surface area contributed by atoms with Crippen LogP contribution >= 0.6 is 24.8 Å². The van der Waals surface area contributed by atoms with Crippen molar-refractivity contribution in [1.29, 1.82) is 0 Å². The van der Waals surface area contributed by atoms with Crippen molar-refractivity contribution in [2.75, 3.05) is 32.1 Å². The number of rotatable bonds is 3. The van der Waals surface area contributed by atoms with Crippen molar-refractivity contribution in [2.24, 2.45) is 5.73 Å². The van der Waals surface area contributed by atoms with Gasteiger partial charge in [-0.1, -0.05) is 0 Å². The number of halogens is 2. The summed E-state index contributed by atoms with van der Waals surface area (Å²) in [6, 6.07) is 0. The van der Waals surface area contributed by atoms with E-state index in [9.17, 15) is 4.79 Å². The molecular weight excluding hydrogens is 403 g/mol. The zero-order chi connectivity index (χ0) is 18.3. The van der Waals surface area contributed by atoms with E-state index in [1.54, 1.807) is 0 Å². The number of hydrogen-bond donors (Lipinski definition) is 1. The highest BCUT2D eigenvalue weighted by Gasteiger charge is 2.45. The van der Waals surface area contributed by atoms with Gasteiger partial charge in [-0.2, -0.15) is 0 Å². The summed E-state index contributed by atoms with van der Waals surface area (Å²) < 4.78 is 5.23. The molecule has 1 aliphatic carbocycles. The van der Waals surface area contributed by atoms with Crippen LogP contribution in [0.4, 0.5) is 5.95 Å². The van der Waals surface area contributed by atoms with Gasteiger partial charge in [0.2, 0.25) is 11.8 Å². The van der Waals surface area contributed by atoms with E-state index in [0.29, 0.717) is 18.1 Å². The summed E-state index contributed by atoms with van der Waals surface area (Å²) >= 11 is 0. The second-order valence-corrected chi connectivity index (χ2v) is 7.38. The topological polar surface area (TPSA) is 101 Å². The molecule has 1 atom stereocenters. The average Bonchev–Trinajstić information content (AvgIpc) is 3.27. The number of anilines is 1. The van der Waals surface area contributed by atoms with Gasteiger partial charge in [-0.3, -0.25) is 4.79 Å². The molecule has 0 bridgehead atoms. The first-order valence-electron chi connectivity index (χ1n) is 9.00. The Kier molecular flexibility index (Phi) is 6.90. The number of aromatic nitrogens is 3. The van der Waals surface area contributed by atoms with E-state index in [-0.39, 0.29) is 42.7 Å². The molecule has 2 aromatic rings. The molecule has 2 N–H and O–H groups in total. The van der Waals surface area contributed by atoms with Crippen LogP contribution in [0.2, 0.25) is 0 Å². The highest BCUT2D eigenvalue weighted by Crippen LogP contribution is 2.44. The summed E-state index contributed by atoms with van der Waals surface area (Å²) in [4.78, 5) is 30.1. The molecule has 8 nitrogen and oxygen atoms in total. The Labute approximate surface area is 176 Å². The Morgan fingerprint density at radius 2 is 2.11 bits per heavy atom. The third-order valence-electron chi connectivity index (χ3n) is 5.44. The van der Waals surface area contributed by atoms with E-state index >= 15 is 0 Å². The molecule has 0 saturated carbocycles. The summed E-state index contributed by atoms with van der Waals surface area (Å²) in [6.45, 7) is 1.58. The molecule has 0 radical (unpaired) electrons. The van der Waals surface area contributed by atoms with Crippen LogP contribution in [-0.2, 0) is 18.4 Å². The molecule has 1 unspecified atom stereocenters. The molecule has 0 aromatic carbocycles. The van der Waals surface area contributed by atoms with Gasteiger partial charge in [0.25, 0.3) is 5.91 Å². The predicted molar refractivity (Wildman–Crippen MR) is 110 cm³/mol. The van der Waals surface area contributed by atoms with Crippen molar-refractivity contribution >= 4 is 36.7 Å². The maximum atomic E-state index is 12.9. The van der Waals surface area contributed by atoms with Gasteiger partial charge in [0.15, 0.2) is 5.69 Å². The van der Waals surface area contributed by atoms with Gasteiger partial charge in [-0.05, 0) is 31.2 Å². The highest BCUT2D eigenvalue weighted by molar-refractivity contribution is 5.92. The minimum atomic E-state index is -0.0946. The predicted octanol–water partition coefficient (Wildman–Crippen LogP) is 1.95. The lowest BCUT2D eigenvalue weighted by Crippen LogP contribution is -2.48. The van der Waals surface area contributed by atoms with Gasteiger partial charge in [0, 0.05) is 38.8 Å². The van der Waals surface area contributed by atoms with Gasteiger partial charge in [-0.15, -0.1) is 24.8 Å². The van der Waals surface area contributed by atoms with E-state index in [1.807, 2.05) is 30.1 Å². The van der Waals surface area contributed by atoms with Crippen LogP contribution in [0.1, 0.15) is 46.9 Å². The van der Waals surface area contributed by atoms with Crippen molar-refractivity contribution in [3.05, 3.63) is 35.3 Å². The average molecular weight is 429 g/mol. The SMILES string of the molecule is CN(C)c1ncc2c(n1)C1(CCCN(C(=O)c3coc(CN)n3)C1)CC2.Cl.Cl. The zero-order valence-electron chi connectivity index (χ0n) is 16.1. The Morgan fingerprint density at radius 1 is 1.32 bits per heavy atom. The smallest absolute Gasteiger partial charge is 0.275 e. The van der Waals surface area contributed by atoms with Crippen molar-refractivity contribution in [3.63, 3.8) is 0 Å². The molecule has 28 heavy (non-hydrogen) atoms. The number of fused-ring (bicyclic) bond motifs is 2. The number of oxazole rings is 1. The summed E-state index contributed by atoms with van der Waals surface area (Å²) in [5.41, 5.74) is 8.09. The molecule has 4 rings (SSSR count). The van der Waals surface area contributed by atoms with Crippen LogP contribution in [0.15, 0.2) is 16.9 Å². The Bertz CT molecular complexity index is 839. The van der Waals surface area contributed by atoms with E-state index < -0.39 is 0 Å². The second kappa shape index (κ2) is 8.63. The zero-order valence-corrected chi connectivity index (χ0v) is 17.7. The molecule has 1 fully saturated rings. The molecule has 2 aromatic heterocycles. The number of hydrogen-bond acceptors (Lipinski definition) is 7. The molecule has 10 heteroatoms. The number of piperidine rings is 1. The Balaban J connectivity index is 0.00000140. The minimum absolute atomic E-state index is 0. The van der Waals surface area contributed by atoms with E-state index in [1.165, 1.54) is 11.8 Å². The molecular formula is C18H26Cl2N6O2. The van der Waals surface area contributed by atoms with Gasteiger partial charge in [0.05, 0.1) is 12.2 Å². The second-order valence-electron chi connectivity index (χ2n) is 7.38. The quantitative estimate of drug-likeness (QED) is 0.796. The molecule has 2 aliphatic rings. The lowest BCUT2D eigenvalue weighted by Gasteiger charge is -2.40. The van der Waals surface area contributed by atoms with Crippen molar-refractivity contribution in [2.45, 2.75) is 37.6 Å². The Morgan fingerprint density at radius 3 is 2.79 bits per heavy atom. The fourth-order valence-corrected chi connectivity index (χ4v) is 4.11. The first kappa shape index (κ1) is 22.4. The van der Waals surface area contributed by atoms with Crippen LogP contribution in [0.25, 0.3) is 0 Å². The van der Waals surface area contributed by atoms with Crippen molar-refractivity contribution in [3.8, 4) is 0 Å². The molecule has 1 amide bonds. The van der Waals surface area contributed by atoms with E-state index in [2.05, 4.69) is 9.97 Å². The number of aryl methyl sites for hydroxylation is 1. The van der Waals surface area contributed by atoms with Crippen LogP contribution in [0.5, 0.6) is 0 Å². The molecule has 1 spiro atoms. The van der Waals surface area contributed by atoms with Gasteiger partial charge < -0.3 is 20.0 Å².